The second kappa shape index (κ2) is 7.09. The molecule has 1 fully saturated rings. The lowest BCUT2D eigenvalue weighted by molar-refractivity contribution is -0.137. The predicted molar refractivity (Wildman–Crippen MR) is 76.7 cm³/mol. The third-order valence-electron chi connectivity index (χ3n) is 2.62. The molecule has 6 nitrogen and oxygen atoms in total. The highest BCUT2D eigenvalue weighted by Crippen LogP contribution is 2.22. The van der Waals surface area contributed by atoms with E-state index in [1.807, 2.05) is 26.2 Å². The summed E-state index contributed by atoms with van der Waals surface area (Å²) >= 11 is 0. The monoisotopic (exact) mass is 326 g/mol. The van der Waals surface area contributed by atoms with Gasteiger partial charge in [0.05, 0.1) is 0 Å². The highest BCUT2D eigenvalue weighted by Gasteiger charge is 2.38. The number of rotatable bonds is 4. The van der Waals surface area contributed by atoms with Crippen LogP contribution in [0.5, 0.6) is 0 Å². The maximum atomic E-state index is 10.5. The Kier molecular flexibility index (Phi) is 6.40. The van der Waals surface area contributed by atoms with Crippen molar-refractivity contribution in [2.75, 3.05) is 0 Å². The standard InChI is InChI=1S/C8H22O6Si4/c1-15-11-16(2)13-18(4,14-17(3)12-15)7-5-6-8(9)10/h15-17H,5-7H2,1-4H3,(H,9,10). The Hall–Kier alpha value is 0.178. The van der Waals surface area contributed by atoms with E-state index in [-0.39, 0.29) is 6.42 Å². The van der Waals surface area contributed by atoms with E-state index < -0.39 is 42.4 Å². The zero-order valence-electron chi connectivity index (χ0n) is 11.3. The SMILES string of the molecule is C[SiH]1O[SiH](C)O[Si](C)(CCCC(=O)O)O[SiH](C)O1. The minimum absolute atomic E-state index is 0.161. The lowest BCUT2D eigenvalue weighted by Gasteiger charge is -2.37. The number of hydrogen-bond acceptors (Lipinski definition) is 5. The molecule has 106 valence electrons. The number of hydrogen-bond donors (Lipinski definition) is 1. The van der Waals surface area contributed by atoms with Crippen LogP contribution in [0.4, 0.5) is 0 Å². The highest BCUT2D eigenvalue weighted by atomic mass is 28.5. The molecule has 10 heteroatoms. The molecule has 0 amide bonds. The molecule has 1 aliphatic rings. The van der Waals surface area contributed by atoms with Crippen LogP contribution in [0, 0.1) is 0 Å². The maximum Gasteiger partial charge on any atom is 0.317 e. The molecule has 1 N–H and O–H groups in total. The first-order chi connectivity index (χ1) is 8.31. The predicted octanol–water partition coefficient (Wildman–Crippen LogP) is 0.554. The van der Waals surface area contributed by atoms with E-state index in [0.29, 0.717) is 12.5 Å². The minimum Gasteiger partial charge on any atom is -0.481 e. The van der Waals surface area contributed by atoms with Crippen LogP contribution in [0.25, 0.3) is 0 Å². The first-order valence-corrected chi connectivity index (χ1v) is 15.0. The third-order valence-corrected chi connectivity index (χ3v) is 16.7. The van der Waals surface area contributed by atoms with Crippen molar-refractivity contribution in [2.24, 2.45) is 0 Å². The van der Waals surface area contributed by atoms with Gasteiger partial charge in [-0.1, -0.05) is 0 Å². The van der Waals surface area contributed by atoms with Gasteiger partial charge in [0.2, 0.25) is 0 Å². The quantitative estimate of drug-likeness (QED) is 0.761. The summed E-state index contributed by atoms with van der Waals surface area (Å²) in [6, 6.07) is 0.691. The molecule has 0 aromatic heterocycles. The van der Waals surface area contributed by atoms with Crippen LogP contribution in [-0.4, -0.2) is 47.5 Å². The van der Waals surface area contributed by atoms with Gasteiger partial charge in [-0.25, -0.2) is 0 Å². The van der Waals surface area contributed by atoms with Gasteiger partial charge in [-0.3, -0.25) is 4.79 Å². The Morgan fingerprint density at radius 1 is 1.11 bits per heavy atom. The number of aliphatic carboxylic acids is 1. The lowest BCUT2D eigenvalue weighted by Crippen LogP contribution is -2.53. The molecular weight excluding hydrogens is 304 g/mol. The van der Waals surface area contributed by atoms with Crippen LogP contribution in [0.3, 0.4) is 0 Å². The van der Waals surface area contributed by atoms with Crippen LogP contribution in [0.15, 0.2) is 0 Å². The molecule has 1 aliphatic heterocycles. The van der Waals surface area contributed by atoms with Crippen LogP contribution < -0.4 is 0 Å². The molecule has 0 saturated carbocycles. The van der Waals surface area contributed by atoms with Crippen molar-refractivity contribution in [2.45, 2.75) is 45.1 Å². The van der Waals surface area contributed by atoms with Crippen LogP contribution in [0.1, 0.15) is 12.8 Å². The number of carboxylic acids is 1. The zero-order valence-corrected chi connectivity index (χ0v) is 15.8. The molecule has 2 unspecified atom stereocenters. The molecular formula is C8H22O6Si4. The summed E-state index contributed by atoms with van der Waals surface area (Å²) < 4.78 is 23.6. The lowest BCUT2D eigenvalue weighted by atomic mass is 10.3. The van der Waals surface area contributed by atoms with Gasteiger partial charge in [-0.05, 0) is 38.7 Å². The highest BCUT2D eigenvalue weighted by molar-refractivity contribution is 6.81. The van der Waals surface area contributed by atoms with Crippen molar-refractivity contribution in [3.8, 4) is 0 Å². The fraction of sp³-hybridized carbons (Fsp3) is 0.875. The van der Waals surface area contributed by atoms with E-state index in [2.05, 4.69) is 0 Å². The molecule has 2 atom stereocenters. The molecule has 1 saturated heterocycles. The first-order valence-electron chi connectivity index (χ1n) is 6.19. The van der Waals surface area contributed by atoms with E-state index in [1.54, 1.807) is 0 Å². The fourth-order valence-electron chi connectivity index (χ4n) is 2.04. The Bertz CT molecular complexity index is 277. The average Bonchev–Trinajstić information content (AvgIpc) is 2.12. The van der Waals surface area contributed by atoms with E-state index in [0.717, 1.165) is 0 Å². The second-order valence-electron chi connectivity index (χ2n) is 4.59. The maximum absolute atomic E-state index is 10.5. The molecule has 18 heavy (non-hydrogen) atoms. The van der Waals surface area contributed by atoms with E-state index in [1.165, 1.54) is 0 Å². The average molecular weight is 327 g/mol. The van der Waals surface area contributed by atoms with Gasteiger partial charge in [0.1, 0.15) is 0 Å². The van der Waals surface area contributed by atoms with E-state index >= 15 is 0 Å². The molecule has 0 aromatic carbocycles. The van der Waals surface area contributed by atoms with Crippen LogP contribution in [0.2, 0.25) is 32.2 Å². The minimum atomic E-state index is -2.31. The van der Waals surface area contributed by atoms with E-state index in [4.69, 9.17) is 21.6 Å². The Morgan fingerprint density at radius 3 is 2.06 bits per heavy atom. The van der Waals surface area contributed by atoms with Gasteiger partial charge in [0.25, 0.3) is 27.9 Å². The molecule has 0 spiro atoms. The topological polar surface area (TPSA) is 74.2 Å². The smallest absolute Gasteiger partial charge is 0.317 e. The van der Waals surface area contributed by atoms with Crippen molar-refractivity contribution in [3.63, 3.8) is 0 Å². The summed E-state index contributed by atoms with van der Waals surface area (Å²) in [6.07, 6.45) is 0.751. The zero-order chi connectivity index (χ0) is 13.8. The Labute approximate surface area is 114 Å². The number of carbonyl (C=O) groups is 1. The summed E-state index contributed by atoms with van der Waals surface area (Å²) in [6.45, 7) is 7.95. The van der Waals surface area contributed by atoms with Gasteiger partial charge < -0.3 is 21.6 Å². The summed E-state index contributed by atoms with van der Waals surface area (Å²) in [5, 5.41) is 8.67. The van der Waals surface area contributed by atoms with Gasteiger partial charge in [0, 0.05) is 6.42 Å². The summed E-state index contributed by atoms with van der Waals surface area (Å²) in [5.74, 6) is -0.775. The molecule has 0 aliphatic carbocycles. The van der Waals surface area contributed by atoms with Crippen molar-refractivity contribution in [1.82, 2.24) is 0 Å². The van der Waals surface area contributed by atoms with Crippen LogP contribution in [-0.2, 0) is 21.3 Å². The normalized spacial score (nSPS) is 37.9. The van der Waals surface area contributed by atoms with Gasteiger partial charge in [-0.15, -0.1) is 0 Å². The van der Waals surface area contributed by atoms with Crippen molar-refractivity contribution in [1.29, 1.82) is 0 Å². The van der Waals surface area contributed by atoms with Crippen LogP contribution >= 0.6 is 0 Å². The summed E-state index contributed by atoms with van der Waals surface area (Å²) in [4.78, 5) is 10.5. The van der Waals surface area contributed by atoms with Crippen molar-refractivity contribution >= 4 is 42.4 Å². The Balaban J connectivity index is 2.56. The number of carboxylic acid groups (broad SMARTS) is 1. The van der Waals surface area contributed by atoms with Gasteiger partial charge in [-0.2, -0.15) is 0 Å². The largest absolute Gasteiger partial charge is 0.481 e. The van der Waals surface area contributed by atoms with Crippen molar-refractivity contribution in [3.05, 3.63) is 0 Å². The molecule has 1 rings (SSSR count). The first kappa shape index (κ1) is 16.2. The van der Waals surface area contributed by atoms with E-state index in [9.17, 15) is 4.79 Å². The third kappa shape index (κ3) is 5.88. The molecule has 0 radical (unpaired) electrons. The summed E-state index contributed by atoms with van der Waals surface area (Å²) in [7, 11) is -7.29. The Morgan fingerprint density at radius 2 is 1.61 bits per heavy atom. The molecule has 0 bridgehead atoms. The van der Waals surface area contributed by atoms with Gasteiger partial charge in [0.15, 0.2) is 0 Å². The van der Waals surface area contributed by atoms with Gasteiger partial charge >= 0.3 is 14.5 Å². The fourth-order valence-corrected chi connectivity index (χ4v) is 16.7. The second-order valence-corrected chi connectivity index (χ2v) is 14.8. The molecule has 0 aromatic rings. The van der Waals surface area contributed by atoms with Crippen molar-refractivity contribution < 1.29 is 26.4 Å². The summed E-state index contributed by atoms with van der Waals surface area (Å²) in [5.41, 5.74) is 0. The molecule has 1 heterocycles.